The topological polar surface area (TPSA) is 56.7 Å². The first-order valence-corrected chi connectivity index (χ1v) is 15.3. The van der Waals surface area contributed by atoms with Gasteiger partial charge in [-0.2, -0.15) is 13.2 Å². The van der Waals surface area contributed by atoms with E-state index < -0.39 is 22.8 Å². The molecule has 5 atom stereocenters. The molecule has 1 N–H and O–H groups in total. The molecule has 2 saturated carbocycles. The van der Waals surface area contributed by atoms with Crippen LogP contribution in [-0.4, -0.2) is 51.5 Å². The van der Waals surface area contributed by atoms with E-state index in [1.54, 1.807) is 0 Å². The number of nitrogens with zero attached hydrogens (tertiary/aromatic N) is 3. The smallest absolute Gasteiger partial charge is 0.386 e. The third-order valence-corrected chi connectivity index (χ3v) is 10.7. The predicted molar refractivity (Wildman–Crippen MR) is 151 cm³/mol. The van der Waals surface area contributed by atoms with Crippen LogP contribution >= 0.6 is 0 Å². The van der Waals surface area contributed by atoms with Gasteiger partial charge in [0.05, 0.1) is 16.6 Å². The van der Waals surface area contributed by atoms with E-state index in [0.29, 0.717) is 48.0 Å². The van der Waals surface area contributed by atoms with Crippen molar-refractivity contribution in [2.75, 3.05) is 19.6 Å². The molecular formula is C33H42F3N3O2. The van der Waals surface area contributed by atoms with Crippen molar-refractivity contribution in [3.63, 3.8) is 0 Å². The molecule has 4 aliphatic rings. The summed E-state index contributed by atoms with van der Waals surface area (Å²) in [5.41, 5.74) is 1.45. The van der Waals surface area contributed by atoms with Crippen LogP contribution in [-0.2, 0) is 29.5 Å². The number of rotatable bonds is 4. The number of hydrogen-bond donors (Lipinski definition) is 1. The number of halogens is 3. The Hall–Kier alpha value is -2.45. The summed E-state index contributed by atoms with van der Waals surface area (Å²) in [5, 5.41) is 10.5. The third-order valence-electron chi connectivity index (χ3n) is 10.7. The summed E-state index contributed by atoms with van der Waals surface area (Å²) in [7, 11) is 0. The van der Waals surface area contributed by atoms with Gasteiger partial charge in [-0.15, -0.1) is 0 Å². The number of carbonyl (C=O) groups is 1. The van der Waals surface area contributed by atoms with E-state index in [2.05, 4.69) is 28.9 Å². The molecule has 0 bridgehead atoms. The molecule has 1 amide bonds. The molecule has 1 saturated heterocycles. The second-order valence-corrected chi connectivity index (χ2v) is 13.7. The molecule has 41 heavy (non-hydrogen) atoms. The molecule has 8 heteroatoms. The number of benzene rings is 1. The number of pyridine rings is 1. The highest BCUT2D eigenvalue weighted by atomic mass is 19.4. The molecule has 3 fully saturated rings. The summed E-state index contributed by atoms with van der Waals surface area (Å²) in [4.78, 5) is 22.7. The maximum absolute atomic E-state index is 14.2. The summed E-state index contributed by atoms with van der Waals surface area (Å²) in [5.74, 6) is 1.39. The molecule has 2 aliphatic carbocycles. The van der Waals surface area contributed by atoms with E-state index >= 15 is 0 Å². The van der Waals surface area contributed by atoms with Crippen LogP contribution in [0, 0.1) is 17.3 Å². The van der Waals surface area contributed by atoms with Gasteiger partial charge in [0.25, 0.3) is 0 Å². The molecular weight excluding hydrogens is 527 g/mol. The summed E-state index contributed by atoms with van der Waals surface area (Å²) < 4.78 is 40.0. The fraction of sp³-hybridized carbons (Fsp3) is 0.636. The molecule has 2 aliphatic heterocycles. The van der Waals surface area contributed by atoms with E-state index in [0.717, 1.165) is 63.4 Å². The van der Waals surface area contributed by atoms with Crippen molar-refractivity contribution in [2.45, 2.75) is 96.0 Å². The monoisotopic (exact) mass is 569 g/mol. The average Bonchev–Trinajstić information content (AvgIpc) is 3.50. The van der Waals surface area contributed by atoms with Gasteiger partial charge >= 0.3 is 6.18 Å². The number of carbonyl (C=O) groups excluding carboxylic acids is 1. The zero-order valence-electron chi connectivity index (χ0n) is 24.4. The highest BCUT2D eigenvalue weighted by Crippen LogP contribution is 2.57. The number of fused-ring (bicyclic) bond motifs is 2. The zero-order chi connectivity index (χ0) is 29.2. The average molecular weight is 570 g/mol. The zero-order valence-corrected chi connectivity index (χ0v) is 24.4. The number of likely N-dealkylation sites (tertiary alicyclic amines) is 1. The highest BCUT2D eigenvalue weighted by molar-refractivity contribution is 5.84. The van der Waals surface area contributed by atoms with Crippen LogP contribution in [0.1, 0.15) is 93.2 Å². The summed E-state index contributed by atoms with van der Waals surface area (Å²) in [6.07, 6.45) is 2.90. The van der Waals surface area contributed by atoms with E-state index in [9.17, 15) is 23.1 Å². The molecule has 5 nitrogen and oxygen atoms in total. The van der Waals surface area contributed by atoms with Crippen molar-refractivity contribution >= 4 is 5.91 Å². The second-order valence-electron chi connectivity index (χ2n) is 13.7. The van der Waals surface area contributed by atoms with Crippen molar-refractivity contribution in [3.8, 4) is 0 Å². The molecule has 2 aromatic rings. The van der Waals surface area contributed by atoms with Crippen LogP contribution in [0.5, 0.6) is 0 Å². The van der Waals surface area contributed by atoms with Gasteiger partial charge in [0, 0.05) is 44.0 Å². The number of aromatic nitrogens is 1. The van der Waals surface area contributed by atoms with Crippen molar-refractivity contribution < 1.29 is 23.1 Å². The van der Waals surface area contributed by atoms with Crippen molar-refractivity contribution in [1.82, 2.24) is 14.8 Å². The first-order chi connectivity index (χ1) is 19.3. The number of hydrogen-bond acceptors (Lipinski definition) is 4. The largest absolute Gasteiger partial charge is 0.417 e. The number of piperidine rings is 1. The standard InChI is InChI=1S/C33H42F3N3O2/c1-21-19-38(12-9-28(21)22-6-4-7-24(14-22)31(2,3)41)27-16-25-8-5-11-32(25,17-27)30(40)39-13-10-29-23(20-39)15-26(18-37-29)33(34,35)36/h4,6-7,14-15,18,21,25,27-28,41H,5,8-13,16-17,19-20H2,1-3H3/t21-,25+,27+,28-,32+/m0/s1. The summed E-state index contributed by atoms with van der Waals surface area (Å²) in [6.45, 7) is 8.69. The Morgan fingerprint density at radius 3 is 2.66 bits per heavy atom. The van der Waals surface area contributed by atoms with Gasteiger partial charge in [-0.25, -0.2) is 0 Å². The van der Waals surface area contributed by atoms with Gasteiger partial charge in [-0.05, 0) is 93.0 Å². The molecule has 3 heterocycles. The van der Waals surface area contributed by atoms with Gasteiger partial charge in [-0.1, -0.05) is 37.6 Å². The van der Waals surface area contributed by atoms with Gasteiger partial charge < -0.3 is 14.9 Å². The van der Waals surface area contributed by atoms with E-state index in [1.807, 2.05) is 30.9 Å². The summed E-state index contributed by atoms with van der Waals surface area (Å²) in [6, 6.07) is 9.94. The SMILES string of the molecule is C[C@H]1CN([C@@H]2C[C@H]3CCC[C@@]3(C(=O)N3CCc4ncc(C(F)(F)F)cc4C3)C2)CC[C@@H]1c1cccc(C(C)(C)O)c1. The normalized spacial score (nSPS) is 30.8. The Kier molecular flexibility index (Phi) is 7.25. The minimum Gasteiger partial charge on any atom is -0.386 e. The van der Waals surface area contributed by atoms with Crippen LogP contribution in [0.2, 0.25) is 0 Å². The van der Waals surface area contributed by atoms with Crippen molar-refractivity contribution in [3.05, 3.63) is 64.5 Å². The molecule has 0 radical (unpaired) electrons. The maximum Gasteiger partial charge on any atom is 0.417 e. The molecule has 1 aromatic carbocycles. The Labute approximate surface area is 241 Å². The maximum atomic E-state index is 14.2. The Bertz CT molecular complexity index is 1310. The minimum atomic E-state index is -4.44. The van der Waals surface area contributed by atoms with Gasteiger partial charge in [0.2, 0.25) is 5.91 Å². The van der Waals surface area contributed by atoms with Gasteiger partial charge in [0.1, 0.15) is 0 Å². The van der Waals surface area contributed by atoms with Crippen molar-refractivity contribution in [2.24, 2.45) is 17.3 Å². The first-order valence-electron chi connectivity index (χ1n) is 15.3. The van der Waals surface area contributed by atoms with Crippen LogP contribution in [0.15, 0.2) is 36.5 Å². The van der Waals surface area contributed by atoms with Crippen molar-refractivity contribution in [1.29, 1.82) is 0 Å². The van der Waals surface area contributed by atoms with Crippen LogP contribution < -0.4 is 0 Å². The second kappa shape index (κ2) is 10.4. The molecule has 6 rings (SSSR count). The van der Waals surface area contributed by atoms with Crippen LogP contribution in [0.25, 0.3) is 0 Å². The lowest BCUT2D eigenvalue weighted by Gasteiger charge is -2.41. The number of amides is 1. The Morgan fingerprint density at radius 2 is 1.93 bits per heavy atom. The van der Waals surface area contributed by atoms with E-state index in [4.69, 9.17) is 0 Å². The van der Waals surface area contributed by atoms with Gasteiger partial charge in [0.15, 0.2) is 0 Å². The minimum absolute atomic E-state index is 0.150. The van der Waals surface area contributed by atoms with Gasteiger partial charge in [-0.3, -0.25) is 9.78 Å². The third kappa shape index (κ3) is 5.31. The molecule has 222 valence electrons. The lowest BCUT2D eigenvalue weighted by Crippen LogP contribution is -2.48. The highest BCUT2D eigenvalue weighted by Gasteiger charge is 2.57. The lowest BCUT2D eigenvalue weighted by atomic mass is 9.78. The first kappa shape index (κ1) is 28.7. The number of aliphatic hydroxyl groups is 1. The fourth-order valence-corrected chi connectivity index (χ4v) is 8.46. The van der Waals surface area contributed by atoms with Crippen LogP contribution in [0.3, 0.4) is 0 Å². The number of alkyl halides is 3. The molecule has 0 spiro atoms. The van der Waals surface area contributed by atoms with E-state index in [1.165, 1.54) is 11.6 Å². The molecule has 1 aromatic heterocycles. The van der Waals surface area contributed by atoms with E-state index in [-0.39, 0.29) is 12.5 Å². The lowest BCUT2D eigenvalue weighted by molar-refractivity contribution is -0.144. The Balaban J connectivity index is 1.14. The predicted octanol–water partition coefficient (Wildman–Crippen LogP) is 6.29. The van der Waals surface area contributed by atoms with Crippen LogP contribution in [0.4, 0.5) is 13.2 Å². The summed E-state index contributed by atoms with van der Waals surface area (Å²) >= 11 is 0. The molecule has 0 unspecified atom stereocenters. The Morgan fingerprint density at radius 1 is 1.12 bits per heavy atom. The quantitative estimate of drug-likeness (QED) is 0.471. The fourth-order valence-electron chi connectivity index (χ4n) is 8.46.